The molecule has 3 heterocycles. The fourth-order valence-corrected chi connectivity index (χ4v) is 4.26. The largest absolute Gasteiger partial charge is 0.371 e. The molecule has 4 aliphatic rings. The first kappa shape index (κ1) is 14.6. The molecular formula is C18H17N3O4. The van der Waals surface area contributed by atoms with Crippen LogP contribution in [0.3, 0.4) is 0 Å². The molecule has 1 unspecified atom stereocenters. The Morgan fingerprint density at radius 1 is 0.960 bits per heavy atom. The third kappa shape index (κ3) is 2.11. The van der Waals surface area contributed by atoms with Crippen LogP contribution in [0.4, 0.5) is 5.69 Å². The summed E-state index contributed by atoms with van der Waals surface area (Å²) < 4.78 is 0. The maximum atomic E-state index is 12.8. The van der Waals surface area contributed by atoms with Crippen LogP contribution in [0.25, 0.3) is 0 Å². The highest BCUT2D eigenvalue weighted by Gasteiger charge is 2.47. The van der Waals surface area contributed by atoms with E-state index in [1.807, 2.05) is 6.07 Å². The number of piperidine rings is 2. The highest BCUT2D eigenvalue weighted by Crippen LogP contribution is 2.46. The second-order valence-electron chi connectivity index (χ2n) is 7.34. The summed E-state index contributed by atoms with van der Waals surface area (Å²) in [5, 5.41) is 2.21. The molecule has 1 aromatic rings. The molecule has 3 aliphatic heterocycles. The lowest BCUT2D eigenvalue weighted by atomic mass is 10.0. The number of hydrogen-bond donors (Lipinski definition) is 1. The van der Waals surface area contributed by atoms with E-state index in [4.69, 9.17) is 0 Å². The topological polar surface area (TPSA) is 86.8 Å². The van der Waals surface area contributed by atoms with Crippen molar-refractivity contribution in [2.45, 2.75) is 25.3 Å². The van der Waals surface area contributed by atoms with E-state index in [-0.39, 0.29) is 18.7 Å². The Bertz CT molecular complexity index is 839. The van der Waals surface area contributed by atoms with Crippen molar-refractivity contribution in [3.8, 4) is 0 Å². The lowest BCUT2D eigenvalue weighted by molar-refractivity contribution is -0.136. The van der Waals surface area contributed by atoms with Crippen LogP contribution >= 0.6 is 0 Å². The monoisotopic (exact) mass is 339 g/mol. The number of nitrogens with one attached hydrogen (secondary N) is 1. The van der Waals surface area contributed by atoms with E-state index in [0.717, 1.165) is 35.5 Å². The van der Waals surface area contributed by atoms with Gasteiger partial charge in [0.25, 0.3) is 11.8 Å². The van der Waals surface area contributed by atoms with E-state index >= 15 is 0 Å². The Morgan fingerprint density at radius 2 is 1.68 bits per heavy atom. The summed E-state index contributed by atoms with van der Waals surface area (Å²) in [6.45, 7) is 2.00. The number of carbonyl (C=O) groups is 4. The smallest absolute Gasteiger partial charge is 0.262 e. The van der Waals surface area contributed by atoms with E-state index in [1.165, 1.54) is 6.42 Å². The molecule has 1 aromatic carbocycles. The standard InChI is InChI=1S/C18H17N3O4/c22-15-4-3-14(16(23)19-15)21-17(24)12-2-1-11(6-13(12)18(21)25)20-7-9-5-10(9)8-20/h1-2,6,9-10,14H,3-5,7-8H2,(H,19,22,23)/t9-,10+,14?. The van der Waals surface area contributed by atoms with Crippen molar-refractivity contribution < 1.29 is 19.2 Å². The Morgan fingerprint density at radius 3 is 2.40 bits per heavy atom. The van der Waals surface area contributed by atoms with Gasteiger partial charge in [-0.25, -0.2) is 0 Å². The van der Waals surface area contributed by atoms with Crippen LogP contribution in [-0.4, -0.2) is 47.7 Å². The first-order valence-electron chi connectivity index (χ1n) is 8.63. The minimum Gasteiger partial charge on any atom is -0.371 e. The van der Waals surface area contributed by atoms with Crippen LogP contribution < -0.4 is 10.2 Å². The molecule has 3 fully saturated rings. The molecule has 128 valence electrons. The molecule has 2 saturated heterocycles. The average molecular weight is 339 g/mol. The minimum absolute atomic E-state index is 0.131. The number of amides is 4. The molecule has 0 aromatic heterocycles. The number of imide groups is 2. The number of fused-ring (bicyclic) bond motifs is 2. The van der Waals surface area contributed by atoms with Crippen molar-refractivity contribution in [2.75, 3.05) is 18.0 Å². The van der Waals surface area contributed by atoms with Crippen LogP contribution in [0.15, 0.2) is 18.2 Å². The van der Waals surface area contributed by atoms with Gasteiger partial charge in [-0.2, -0.15) is 0 Å². The van der Waals surface area contributed by atoms with Crippen molar-refractivity contribution in [3.05, 3.63) is 29.3 Å². The van der Waals surface area contributed by atoms with Crippen molar-refractivity contribution in [1.82, 2.24) is 10.2 Å². The summed E-state index contributed by atoms with van der Waals surface area (Å²) in [7, 11) is 0. The molecule has 7 nitrogen and oxygen atoms in total. The van der Waals surface area contributed by atoms with Gasteiger partial charge in [-0.15, -0.1) is 0 Å². The number of hydrogen-bond acceptors (Lipinski definition) is 5. The van der Waals surface area contributed by atoms with Gasteiger partial charge >= 0.3 is 0 Å². The van der Waals surface area contributed by atoms with Crippen LogP contribution in [0.2, 0.25) is 0 Å². The molecule has 0 bridgehead atoms. The predicted molar refractivity (Wildman–Crippen MR) is 86.9 cm³/mol. The van der Waals surface area contributed by atoms with E-state index in [0.29, 0.717) is 11.1 Å². The highest BCUT2D eigenvalue weighted by atomic mass is 16.2. The van der Waals surface area contributed by atoms with Gasteiger partial charge in [0.1, 0.15) is 6.04 Å². The van der Waals surface area contributed by atoms with Gasteiger partial charge in [0.15, 0.2) is 0 Å². The average Bonchev–Trinajstić information content (AvgIpc) is 3.12. The molecular weight excluding hydrogens is 322 g/mol. The van der Waals surface area contributed by atoms with E-state index in [1.54, 1.807) is 12.1 Å². The Labute approximate surface area is 144 Å². The fraction of sp³-hybridized carbons (Fsp3) is 0.444. The molecule has 0 spiro atoms. The maximum Gasteiger partial charge on any atom is 0.262 e. The van der Waals surface area contributed by atoms with E-state index in [2.05, 4.69) is 10.2 Å². The van der Waals surface area contributed by atoms with Crippen molar-refractivity contribution in [1.29, 1.82) is 0 Å². The first-order valence-corrected chi connectivity index (χ1v) is 8.63. The van der Waals surface area contributed by atoms with Gasteiger partial charge in [0.2, 0.25) is 11.8 Å². The molecule has 5 rings (SSSR count). The highest BCUT2D eigenvalue weighted by molar-refractivity contribution is 6.23. The maximum absolute atomic E-state index is 12.8. The number of rotatable bonds is 2. The molecule has 1 N–H and O–H groups in total. The molecule has 7 heteroatoms. The molecule has 1 saturated carbocycles. The number of carbonyl (C=O) groups excluding carboxylic acids is 4. The van der Waals surface area contributed by atoms with Gasteiger partial charge < -0.3 is 4.90 Å². The third-order valence-electron chi connectivity index (χ3n) is 5.77. The lowest BCUT2D eigenvalue weighted by Gasteiger charge is -2.27. The number of benzene rings is 1. The lowest BCUT2D eigenvalue weighted by Crippen LogP contribution is -2.54. The summed E-state index contributed by atoms with van der Waals surface area (Å²) in [6.07, 6.45) is 1.60. The van der Waals surface area contributed by atoms with Gasteiger partial charge in [-0.1, -0.05) is 0 Å². The Balaban J connectivity index is 1.44. The molecule has 1 aliphatic carbocycles. The second kappa shape index (κ2) is 4.91. The molecule has 25 heavy (non-hydrogen) atoms. The summed E-state index contributed by atoms with van der Waals surface area (Å²) in [6, 6.07) is 4.42. The predicted octanol–water partition coefficient (Wildman–Crippen LogP) is 0.544. The van der Waals surface area contributed by atoms with E-state index < -0.39 is 23.8 Å². The van der Waals surface area contributed by atoms with Crippen LogP contribution in [-0.2, 0) is 9.59 Å². The second-order valence-corrected chi connectivity index (χ2v) is 7.34. The Hall–Kier alpha value is -2.70. The van der Waals surface area contributed by atoms with Gasteiger partial charge in [-0.05, 0) is 42.9 Å². The quantitative estimate of drug-likeness (QED) is 0.795. The molecule has 3 atom stereocenters. The first-order chi connectivity index (χ1) is 12.0. The van der Waals surface area contributed by atoms with Gasteiger partial charge in [0, 0.05) is 25.2 Å². The normalized spacial score (nSPS) is 30.5. The van der Waals surface area contributed by atoms with Gasteiger partial charge in [0.05, 0.1) is 11.1 Å². The van der Waals surface area contributed by atoms with Crippen LogP contribution in [0.1, 0.15) is 40.0 Å². The minimum atomic E-state index is -0.909. The van der Waals surface area contributed by atoms with Crippen molar-refractivity contribution >= 4 is 29.3 Å². The summed E-state index contributed by atoms with van der Waals surface area (Å²) in [4.78, 5) is 52.1. The van der Waals surface area contributed by atoms with Crippen molar-refractivity contribution in [2.24, 2.45) is 11.8 Å². The zero-order valence-electron chi connectivity index (χ0n) is 13.5. The zero-order valence-corrected chi connectivity index (χ0v) is 13.5. The Kier molecular flexibility index (Phi) is 2.87. The third-order valence-corrected chi connectivity index (χ3v) is 5.77. The summed E-state index contributed by atoms with van der Waals surface area (Å²) in [5.41, 5.74) is 1.65. The van der Waals surface area contributed by atoms with Crippen LogP contribution in [0, 0.1) is 11.8 Å². The summed E-state index contributed by atoms with van der Waals surface area (Å²) >= 11 is 0. The van der Waals surface area contributed by atoms with E-state index in [9.17, 15) is 19.2 Å². The fourth-order valence-electron chi connectivity index (χ4n) is 4.26. The summed E-state index contributed by atoms with van der Waals surface area (Å²) in [5.74, 6) is -0.305. The number of anilines is 1. The van der Waals surface area contributed by atoms with Crippen molar-refractivity contribution in [3.63, 3.8) is 0 Å². The number of nitrogens with zero attached hydrogens (tertiary/aromatic N) is 2. The zero-order chi connectivity index (χ0) is 17.3. The molecule has 4 amide bonds. The molecule has 0 radical (unpaired) electrons. The SMILES string of the molecule is O=C1CCC(N2C(=O)c3ccc(N4C[C@H]5C[C@H]5C4)cc3C2=O)C(=O)N1. The van der Waals surface area contributed by atoms with Gasteiger partial charge in [-0.3, -0.25) is 29.4 Å². The van der Waals surface area contributed by atoms with Crippen LogP contribution in [0.5, 0.6) is 0 Å².